The maximum absolute atomic E-state index is 13.0. The van der Waals surface area contributed by atoms with Gasteiger partial charge in [-0.05, 0) is 88.5 Å². The zero-order valence-electron chi connectivity index (χ0n) is 34.5. The van der Waals surface area contributed by atoms with Gasteiger partial charge in [-0.1, -0.05) is 146 Å². The Kier molecular flexibility index (Phi) is 12.0. The molecule has 5 heterocycles. The molecule has 0 radical (unpaired) electrons. The van der Waals surface area contributed by atoms with Crippen LogP contribution in [0.15, 0.2) is 170 Å². The smallest absolute Gasteiger partial charge is 0.312 e. The number of aromatic nitrogens is 4. The zero-order chi connectivity index (χ0) is 43.2. The summed E-state index contributed by atoms with van der Waals surface area (Å²) in [5, 5.41) is 0. The Balaban J connectivity index is 1.08. The molecule has 310 valence electrons. The highest BCUT2D eigenvalue weighted by atomic mass is 32.2. The van der Waals surface area contributed by atoms with E-state index in [0.29, 0.717) is 11.5 Å². The van der Waals surface area contributed by atoms with E-state index in [-0.39, 0.29) is 12.4 Å². The lowest BCUT2D eigenvalue weighted by atomic mass is 10.0. The first-order valence-electron chi connectivity index (χ1n) is 21.0. The van der Waals surface area contributed by atoms with Crippen molar-refractivity contribution in [2.45, 2.75) is 12.2 Å². The number of thioether (sulfide) groups is 2. The van der Waals surface area contributed by atoms with Crippen LogP contribution in [-0.4, -0.2) is 35.2 Å². The first kappa shape index (κ1) is 41.0. The minimum atomic E-state index is -0.303. The molecule has 5 aromatic carbocycles. The van der Waals surface area contributed by atoms with Crippen LogP contribution in [0.2, 0.25) is 0 Å². The Morgan fingerprint density at radius 2 is 0.844 bits per heavy atom. The van der Waals surface area contributed by atoms with Crippen molar-refractivity contribution in [3.63, 3.8) is 0 Å². The molecule has 0 amide bonds. The lowest BCUT2D eigenvalue weighted by Crippen LogP contribution is -2.09. The number of rotatable bonds is 10. The van der Waals surface area contributed by atoms with Gasteiger partial charge in [0.2, 0.25) is 0 Å². The van der Waals surface area contributed by atoms with E-state index < -0.39 is 0 Å². The van der Waals surface area contributed by atoms with Crippen LogP contribution in [0.1, 0.15) is 34.8 Å². The van der Waals surface area contributed by atoms with Crippen molar-refractivity contribution in [3.8, 4) is 50.3 Å². The Morgan fingerprint density at radius 3 is 1.25 bits per heavy atom. The molecule has 2 aliphatic rings. The molecule has 2 aliphatic heterocycles. The van der Waals surface area contributed by atoms with Crippen LogP contribution in [-0.2, 0) is 10.5 Å². The SMILES string of the molecule is O=C(CCSC(=S)SCc1ccccc1)Oc1ccc(-c2c3nc(c(-c4ccccc4)c4ccc([nH]4)c(-c4ccccc4)c4nc(c(-c5ccccc5)c5ccc2[nH]5)C=C4)C=C3)cc1. The van der Waals surface area contributed by atoms with Crippen molar-refractivity contribution in [2.24, 2.45) is 0 Å². The molecule has 0 atom stereocenters. The molecule has 0 aliphatic carbocycles. The number of fused-ring (bicyclic) bond motifs is 8. The molecule has 8 aromatic rings. The van der Waals surface area contributed by atoms with E-state index in [9.17, 15) is 4.79 Å². The highest BCUT2D eigenvalue weighted by molar-refractivity contribution is 8.46. The number of hydrogen-bond acceptors (Lipinski definition) is 7. The van der Waals surface area contributed by atoms with Gasteiger partial charge in [0, 0.05) is 55.8 Å². The van der Waals surface area contributed by atoms with Crippen LogP contribution in [0.5, 0.6) is 5.75 Å². The summed E-state index contributed by atoms with van der Waals surface area (Å²) >= 11 is 8.69. The van der Waals surface area contributed by atoms with Gasteiger partial charge in [0.05, 0.1) is 29.2 Å². The Labute approximate surface area is 385 Å². The van der Waals surface area contributed by atoms with Gasteiger partial charge < -0.3 is 14.7 Å². The van der Waals surface area contributed by atoms with E-state index in [1.165, 1.54) is 17.3 Å². The molecule has 10 rings (SSSR count). The van der Waals surface area contributed by atoms with Gasteiger partial charge in [0.15, 0.2) is 0 Å². The number of esters is 1. The van der Waals surface area contributed by atoms with Crippen molar-refractivity contribution < 1.29 is 9.53 Å². The highest BCUT2D eigenvalue weighted by Gasteiger charge is 2.19. The number of carbonyl (C=O) groups is 1. The number of nitrogens with zero attached hydrogens (tertiary/aromatic N) is 2. The Hall–Kier alpha value is -7.04. The molecule has 2 N–H and O–H groups in total. The summed E-state index contributed by atoms with van der Waals surface area (Å²) in [7, 11) is 0. The standard InChI is InChI=1S/C55H40N4O2S3/c60-50(33-34-63-55(62)64-35-36-13-5-1-6-14-36)61-41-23-21-40(22-24-41)54-48-31-29-46(58-48)52(38-17-9-3-10-18-38)44-27-25-42(56-44)51(37-15-7-2-8-16-37)43-26-28-45(57-43)53(39-19-11-4-12-20-39)47-30-32-49(54)59-47/h1-32,56,59H,33-35H2. The molecule has 0 saturated heterocycles. The number of benzene rings is 5. The summed E-state index contributed by atoms with van der Waals surface area (Å²) in [5.41, 5.74) is 16.2. The summed E-state index contributed by atoms with van der Waals surface area (Å²) in [6, 6.07) is 57.6. The van der Waals surface area contributed by atoms with Crippen LogP contribution in [0.25, 0.3) is 90.9 Å². The second kappa shape index (κ2) is 18.7. The van der Waals surface area contributed by atoms with Crippen molar-refractivity contribution >= 4 is 91.6 Å². The molecule has 0 saturated carbocycles. The van der Waals surface area contributed by atoms with Crippen molar-refractivity contribution in [3.05, 3.63) is 198 Å². The van der Waals surface area contributed by atoms with Gasteiger partial charge >= 0.3 is 5.97 Å². The molecule has 0 fully saturated rings. The average molecular weight is 885 g/mol. The third kappa shape index (κ3) is 8.92. The largest absolute Gasteiger partial charge is 0.427 e. The van der Waals surface area contributed by atoms with E-state index in [0.717, 1.165) is 98.6 Å². The van der Waals surface area contributed by atoms with E-state index in [2.05, 4.69) is 143 Å². The van der Waals surface area contributed by atoms with E-state index >= 15 is 0 Å². The molecular formula is C55H40N4O2S3. The average Bonchev–Trinajstić information content (AvgIpc) is 4.19. The first-order chi connectivity index (χ1) is 31.5. The predicted octanol–water partition coefficient (Wildman–Crippen LogP) is 14.6. The van der Waals surface area contributed by atoms with Crippen LogP contribution < -0.4 is 4.74 Å². The lowest BCUT2D eigenvalue weighted by molar-refractivity contribution is -0.133. The fraction of sp³-hybridized carbons (Fsp3) is 0.0545. The number of aromatic amines is 2. The predicted molar refractivity (Wildman–Crippen MR) is 274 cm³/mol. The number of hydrogen-bond donors (Lipinski definition) is 2. The quantitative estimate of drug-likeness (QED) is 0.0804. The van der Waals surface area contributed by atoms with Gasteiger partial charge in [-0.25, -0.2) is 9.97 Å². The van der Waals surface area contributed by atoms with Crippen molar-refractivity contribution in [1.29, 1.82) is 0 Å². The lowest BCUT2D eigenvalue weighted by Gasteiger charge is -2.08. The Bertz CT molecular complexity index is 3200. The topological polar surface area (TPSA) is 83.7 Å². The van der Waals surface area contributed by atoms with Gasteiger partial charge in [-0.2, -0.15) is 0 Å². The van der Waals surface area contributed by atoms with Gasteiger partial charge in [-0.15, -0.1) is 23.5 Å². The fourth-order valence-corrected chi connectivity index (χ4v) is 10.2. The molecule has 8 bridgehead atoms. The monoisotopic (exact) mass is 884 g/mol. The summed E-state index contributed by atoms with van der Waals surface area (Å²) < 4.78 is 6.63. The Morgan fingerprint density at radius 1 is 0.469 bits per heavy atom. The van der Waals surface area contributed by atoms with Gasteiger partial charge in [0.1, 0.15) is 9.28 Å². The third-order valence-corrected chi connectivity index (χ3v) is 13.8. The second-order valence-corrected chi connectivity index (χ2v) is 18.5. The normalized spacial score (nSPS) is 11.8. The molecule has 0 spiro atoms. The summed E-state index contributed by atoms with van der Waals surface area (Å²) in [4.78, 5) is 31.4. The minimum absolute atomic E-state index is 0.245. The van der Waals surface area contributed by atoms with Crippen LogP contribution in [0.3, 0.4) is 0 Å². The maximum Gasteiger partial charge on any atom is 0.312 e. The van der Waals surface area contributed by atoms with Crippen molar-refractivity contribution in [2.75, 3.05) is 5.75 Å². The molecule has 9 heteroatoms. The third-order valence-electron chi connectivity index (χ3n) is 11.0. The van der Waals surface area contributed by atoms with Gasteiger partial charge in [0.25, 0.3) is 0 Å². The highest BCUT2D eigenvalue weighted by Crippen LogP contribution is 2.38. The number of H-pyrrole nitrogens is 2. The number of nitrogens with one attached hydrogen (secondary N) is 2. The first-order valence-corrected chi connectivity index (χ1v) is 23.4. The summed E-state index contributed by atoms with van der Waals surface area (Å²) in [5.74, 6) is 1.53. The number of thiocarbonyl (C=S) groups is 1. The van der Waals surface area contributed by atoms with E-state index in [1.807, 2.05) is 60.7 Å². The maximum atomic E-state index is 13.0. The molecule has 0 unspecified atom stereocenters. The molecule has 3 aromatic heterocycles. The summed E-state index contributed by atoms with van der Waals surface area (Å²) in [6.45, 7) is 0. The van der Waals surface area contributed by atoms with Crippen LogP contribution in [0.4, 0.5) is 0 Å². The number of ether oxygens (including phenoxy) is 1. The van der Waals surface area contributed by atoms with Gasteiger partial charge in [-0.3, -0.25) is 4.79 Å². The van der Waals surface area contributed by atoms with Crippen molar-refractivity contribution in [1.82, 2.24) is 19.9 Å². The number of carbonyl (C=O) groups excluding carboxylic acids is 1. The van der Waals surface area contributed by atoms with Crippen LogP contribution >= 0.6 is 35.7 Å². The zero-order valence-corrected chi connectivity index (χ0v) is 37.0. The van der Waals surface area contributed by atoms with E-state index in [4.69, 9.17) is 26.9 Å². The summed E-state index contributed by atoms with van der Waals surface area (Å²) in [6.07, 6.45) is 8.64. The van der Waals surface area contributed by atoms with Crippen LogP contribution in [0, 0.1) is 0 Å². The van der Waals surface area contributed by atoms with E-state index in [1.54, 1.807) is 11.8 Å². The second-order valence-electron chi connectivity index (χ2n) is 15.2. The molecule has 64 heavy (non-hydrogen) atoms. The minimum Gasteiger partial charge on any atom is -0.427 e. The fourth-order valence-electron chi connectivity index (χ4n) is 8.08. The molecule has 6 nitrogen and oxygen atoms in total. The molecular weight excluding hydrogens is 845 g/mol.